The fourth-order valence-electron chi connectivity index (χ4n) is 3.67. The maximum atomic E-state index is 9.12. The van der Waals surface area contributed by atoms with Crippen molar-refractivity contribution in [3.63, 3.8) is 0 Å². The number of hydrogen-bond donors (Lipinski definition) is 1. The predicted molar refractivity (Wildman–Crippen MR) is 96.4 cm³/mol. The first-order valence-corrected chi connectivity index (χ1v) is 9.80. The maximum Gasteiger partial charge on any atom is 0.198 e. The highest BCUT2D eigenvalue weighted by Crippen LogP contribution is 2.20. The summed E-state index contributed by atoms with van der Waals surface area (Å²) in [6.07, 6.45) is 14.6. The molecule has 3 nitrogen and oxygen atoms in total. The van der Waals surface area contributed by atoms with E-state index in [0.29, 0.717) is 6.61 Å². The summed E-state index contributed by atoms with van der Waals surface area (Å²) in [5.41, 5.74) is 0. The largest absolute Gasteiger partial charge is 0.396 e. The van der Waals surface area contributed by atoms with Crippen molar-refractivity contribution >= 4 is 5.84 Å². The van der Waals surface area contributed by atoms with Gasteiger partial charge in [0.2, 0.25) is 0 Å². The third-order valence-corrected chi connectivity index (χ3v) is 5.22. The standard InChI is InChI=1S/C19H39N2O/c1-3-5-6-7-8-9-10-11-12-14-19-20-15-17-21(19,4-2)16-13-18-22/h22H,3-18H2,1-2H3/q+1. The average molecular weight is 312 g/mol. The van der Waals surface area contributed by atoms with Gasteiger partial charge in [-0.15, -0.1) is 0 Å². The summed E-state index contributed by atoms with van der Waals surface area (Å²) >= 11 is 0. The van der Waals surface area contributed by atoms with Crippen molar-refractivity contribution in [2.75, 3.05) is 32.8 Å². The molecule has 0 fully saturated rings. The Balaban J connectivity index is 2.12. The van der Waals surface area contributed by atoms with Crippen molar-refractivity contribution in [2.45, 2.75) is 84.5 Å². The zero-order valence-electron chi connectivity index (χ0n) is 15.2. The first-order valence-electron chi connectivity index (χ1n) is 9.80. The van der Waals surface area contributed by atoms with Gasteiger partial charge in [0, 0.05) is 19.4 Å². The molecule has 1 aliphatic heterocycles. The molecule has 1 unspecified atom stereocenters. The molecule has 1 atom stereocenters. The molecule has 0 aromatic carbocycles. The molecule has 0 saturated carbocycles. The second kappa shape index (κ2) is 12.1. The Morgan fingerprint density at radius 2 is 1.55 bits per heavy atom. The Morgan fingerprint density at radius 3 is 2.14 bits per heavy atom. The fourth-order valence-corrected chi connectivity index (χ4v) is 3.67. The number of rotatable bonds is 14. The minimum atomic E-state index is 0.311. The lowest BCUT2D eigenvalue weighted by Crippen LogP contribution is -2.51. The molecule has 130 valence electrons. The number of hydrogen-bond acceptors (Lipinski definition) is 2. The normalized spacial score (nSPS) is 21.3. The van der Waals surface area contributed by atoms with Gasteiger partial charge < -0.3 is 5.11 Å². The second-order valence-electron chi connectivity index (χ2n) is 6.86. The van der Waals surface area contributed by atoms with E-state index in [1.807, 2.05) is 0 Å². The molecular weight excluding hydrogens is 272 g/mol. The summed E-state index contributed by atoms with van der Waals surface area (Å²) in [5, 5.41) is 9.12. The van der Waals surface area contributed by atoms with Crippen molar-refractivity contribution < 1.29 is 9.59 Å². The highest BCUT2D eigenvalue weighted by Gasteiger charge is 2.35. The van der Waals surface area contributed by atoms with Crippen molar-refractivity contribution in [3.8, 4) is 0 Å². The van der Waals surface area contributed by atoms with Crippen molar-refractivity contribution in [1.29, 1.82) is 0 Å². The molecule has 1 rings (SSSR count). The van der Waals surface area contributed by atoms with Gasteiger partial charge in [-0.1, -0.05) is 58.3 Å². The van der Waals surface area contributed by atoms with Crippen LogP contribution >= 0.6 is 0 Å². The van der Waals surface area contributed by atoms with Crippen LogP contribution in [0.5, 0.6) is 0 Å². The smallest absolute Gasteiger partial charge is 0.198 e. The van der Waals surface area contributed by atoms with Crippen LogP contribution in [0.15, 0.2) is 4.99 Å². The van der Waals surface area contributed by atoms with Gasteiger partial charge >= 0.3 is 0 Å². The first kappa shape index (κ1) is 19.6. The quantitative estimate of drug-likeness (QED) is 0.371. The predicted octanol–water partition coefficient (Wildman–Crippen LogP) is 4.54. The maximum absolute atomic E-state index is 9.12. The van der Waals surface area contributed by atoms with Crippen LogP contribution in [0.2, 0.25) is 0 Å². The molecular formula is C19H39N2O+. The molecule has 0 aliphatic carbocycles. The van der Waals surface area contributed by atoms with Gasteiger partial charge in [-0.05, 0) is 13.3 Å². The number of quaternary nitrogens is 1. The number of aliphatic imine (C=N–C) groups is 1. The molecule has 22 heavy (non-hydrogen) atoms. The van der Waals surface area contributed by atoms with E-state index >= 15 is 0 Å². The van der Waals surface area contributed by atoms with Crippen LogP contribution in [0.1, 0.15) is 84.5 Å². The number of aliphatic hydroxyl groups excluding tert-OH is 1. The first-order chi connectivity index (χ1) is 10.8. The lowest BCUT2D eigenvalue weighted by atomic mass is 10.1. The van der Waals surface area contributed by atoms with Gasteiger partial charge in [-0.3, -0.25) is 4.48 Å². The van der Waals surface area contributed by atoms with Crippen LogP contribution < -0.4 is 0 Å². The topological polar surface area (TPSA) is 32.6 Å². The van der Waals surface area contributed by atoms with Crippen LogP contribution in [0.25, 0.3) is 0 Å². The molecule has 1 aliphatic rings. The van der Waals surface area contributed by atoms with E-state index in [-0.39, 0.29) is 0 Å². The number of nitrogens with zero attached hydrogens (tertiary/aromatic N) is 2. The van der Waals surface area contributed by atoms with E-state index in [2.05, 4.69) is 13.8 Å². The van der Waals surface area contributed by atoms with Gasteiger partial charge in [0.15, 0.2) is 5.84 Å². The minimum absolute atomic E-state index is 0.311. The molecule has 0 aromatic heterocycles. The van der Waals surface area contributed by atoms with E-state index in [0.717, 1.165) is 37.1 Å². The molecule has 3 heteroatoms. The molecule has 1 heterocycles. The molecule has 0 amide bonds. The summed E-state index contributed by atoms with van der Waals surface area (Å²) in [4.78, 5) is 4.79. The fraction of sp³-hybridized carbons (Fsp3) is 0.947. The Labute approximate surface area is 138 Å². The Kier molecular flexibility index (Phi) is 10.8. The van der Waals surface area contributed by atoms with Gasteiger partial charge in [0.05, 0.1) is 19.6 Å². The summed E-state index contributed by atoms with van der Waals surface area (Å²) in [6, 6.07) is 0. The second-order valence-corrected chi connectivity index (χ2v) is 6.86. The zero-order chi connectivity index (χ0) is 16.1. The summed E-state index contributed by atoms with van der Waals surface area (Å²) < 4.78 is 1.05. The van der Waals surface area contributed by atoms with Gasteiger partial charge in [-0.25, -0.2) is 4.99 Å². The van der Waals surface area contributed by atoms with E-state index < -0.39 is 0 Å². The Bertz CT molecular complexity index is 304. The van der Waals surface area contributed by atoms with Gasteiger partial charge in [-0.2, -0.15) is 0 Å². The van der Waals surface area contributed by atoms with Crippen molar-refractivity contribution in [3.05, 3.63) is 0 Å². The van der Waals surface area contributed by atoms with Crippen LogP contribution in [0.4, 0.5) is 0 Å². The van der Waals surface area contributed by atoms with E-state index in [4.69, 9.17) is 10.1 Å². The zero-order valence-corrected chi connectivity index (χ0v) is 15.2. The van der Waals surface area contributed by atoms with Crippen LogP contribution in [-0.2, 0) is 0 Å². The van der Waals surface area contributed by atoms with Gasteiger partial charge in [0.1, 0.15) is 6.54 Å². The third kappa shape index (κ3) is 6.78. The number of likely N-dealkylation sites (N-methyl/N-ethyl adjacent to an activating group) is 1. The van der Waals surface area contributed by atoms with Crippen LogP contribution in [0, 0.1) is 0 Å². The third-order valence-electron chi connectivity index (χ3n) is 5.22. The molecule has 0 aromatic rings. The minimum Gasteiger partial charge on any atom is -0.396 e. The van der Waals surface area contributed by atoms with Crippen molar-refractivity contribution in [2.24, 2.45) is 4.99 Å². The number of unbranched alkanes of at least 4 members (excludes halogenated alkanes) is 8. The summed E-state index contributed by atoms with van der Waals surface area (Å²) in [7, 11) is 0. The summed E-state index contributed by atoms with van der Waals surface area (Å²) in [5.74, 6) is 1.42. The van der Waals surface area contributed by atoms with E-state index in [9.17, 15) is 0 Å². The molecule has 0 radical (unpaired) electrons. The highest BCUT2D eigenvalue weighted by molar-refractivity contribution is 5.76. The van der Waals surface area contributed by atoms with Crippen LogP contribution in [-0.4, -0.2) is 48.2 Å². The lowest BCUT2D eigenvalue weighted by molar-refractivity contribution is -0.834. The monoisotopic (exact) mass is 311 g/mol. The van der Waals surface area contributed by atoms with E-state index in [1.165, 1.54) is 70.0 Å². The number of aliphatic hydroxyl groups is 1. The molecule has 0 bridgehead atoms. The van der Waals surface area contributed by atoms with Crippen molar-refractivity contribution in [1.82, 2.24) is 0 Å². The molecule has 1 N–H and O–H groups in total. The summed E-state index contributed by atoms with van der Waals surface area (Å²) in [6.45, 7) is 9.22. The highest BCUT2D eigenvalue weighted by atomic mass is 16.3. The van der Waals surface area contributed by atoms with Crippen LogP contribution in [0.3, 0.4) is 0 Å². The molecule has 0 spiro atoms. The lowest BCUT2D eigenvalue weighted by Gasteiger charge is -2.33. The average Bonchev–Trinajstić information content (AvgIpc) is 2.94. The Morgan fingerprint density at radius 1 is 0.909 bits per heavy atom. The SMILES string of the molecule is CCCCCCCCCCCC1=NCC[N+]1(CC)CCCO. The Hall–Kier alpha value is -0.410. The van der Waals surface area contributed by atoms with Gasteiger partial charge in [0.25, 0.3) is 0 Å². The molecule has 0 saturated heterocycles. The van der Waals surface area contributed by atoms with E-state index in [1.54, 1.807) is 0 Å². The number of amidine groups is 1.